The van der Waals surface area contributed by atoms with Gasteiger partial charge in [0.15, 0.2) is 5.17 Å². The maximum atomic E-state index is 4.37. The van der Waals surface area contributed by atoms with E-state index in [2.05, 4.69) is 15.2 Å². The monoisotopic (exact) mass is 285 g/mol. The van der Waals surface area contributed by atoms with E-state index in [9.17, 15) is 0 Å². The zero-order chi connectivity index (χ0) is 9.64. The highest BCUT2D eigenvalue weighted by Crippen LogP contribution is 2.11. The largest absolute Gasteiger partial charge is 0.363 e. The third-order valence-corrected chi connectivity index (χ3v) is 3.67. The van der Waals surface area contributed by atoms with E-state index in [1.165, 1.54) is 44.6 Å². The molecule has 1 fully saturated rings. The van der Waals surface area contributed by atoms with Crippen LogP contribution in [0.4, 0.5) is 0 Å². The number of rotatable bonds is 3. The number of nitrogens with one attached hydrogen (secondary N) is 1. The van der Waals surface area contributed by atoms with E-state index in [1.807, 2.05) is 11.8 Å². The molecule has 2 aliphatic heterocycles. The standard InChI is InChI=1S/C10H19N3S.2ClH/c1-2-6-13(7-3-1)8-9-14-10-11-4-5-12-10;;/h1-9H2,(H,11,12);2*1H. The lowest BCUT2D eigenvalue weighted by Crippen LogP contribution is -2.32. The lowest BCUT2D eigenvalue weighted by molar-refractivity contribution is 0.242. The Labute approximate surface area is 115 Å². The second kappa shape index (κ2) is 9.40. The van der Waals surface area contributed by atoms with Crippen LogP contribution in [-0.4, -0.2) is 48.5 Å². The van der Waals surface area contributed by atoms with E-state index in [-0.39, 0.29) is 24.8 Å². The molecule has 2 rings (SSSR count). The molecule has 96 valence electrons. The van der Waals surface area contributed by atoms with Gasteiger partial charge < -0.3 is 10.2 Å². The number of piperidine rings is 1. The summed E-state index contributed by atoms with van der Waals surface area (Å²) in [5.41, 5.74) is 0. The molecule has 16 heavy (non-hydrogen) atoms. The van der Waals surface area contributed by atoms with Crippen LogP contribution in [0.2, 0.25) is 0 Å². The van der Waals surface area contributed by atoms with Gasteiger partial charge in [0.2, 0.25) is 0 Å². The predicted octanol–water partition coefficient (Wildman–Crippen LogP) is 2.01. The molecular formula is C10H21Cl2N3S. The quantitative estimate of drug-likeness (QED) is 0.860. The smallest absolute Gasteiger partial charge is 0.156 e. The van der Waals surface area contributed by atoms with Crippen LogP contribution in [0.3, 0.4) is 0 Å². The SMILES string of the molecule is C1CCN(CCSC2=NCCN2)CC1.Cl.Cl. The molecule has 1 N–H and O–H groups in total. The Bertz CT molecular complexity index is 208. The number of aliphatic imine (C=N–C) groups is 1. The third-order valence-electron chi connectivity index (χ3n) is 2.74. The lowest BCUT2D eigenvalue weighted by atomic mass is 10.1. The fourth-order valence-corrected chi connectivity index (χ4v) is 2.86. The van der Waals surface area contributed by atoms with Crippen molar-refractivity contribution in [1.29, 1.82) is 0 Å². The molecule has 0 aromatic heterocycles. The zero-order valence-electron chi connectivity index (χ0n) is 9.48. The maximum Gasteiger partial charge on any atom is 0.156 e. The van der Waals surface area contributed by atoms with Crippen LogP contribution in [0.5, 0.6) is 0 Å². The summed E-state index contributed by atoms with van der Waals surface area (Å²) < 4.78 is 0. The summed E-state index contributed by atoms with van der Waals surface area (Å²) in [5, 5.41) is 4.44. The number of amidine groups is 1. The van der Waals surface area contributed by atoms with Crippen molar-refractivity contribution in [2.75, 3.05) is 38.5 Å². The number of hydrogen-bond acceptors (Lipinski definition) is 4. The first-order valence-electron chi connectivity index (χ1n) is 5.58. The fourth-order valence-electron chi connectivity index (χ4n) is 1.93. The Morgan fingerprint density at radius 1 is 1.19 bits per heavy atom. The number of thioether (sulfide) groups is 1. The van der Waals surface area contributed by atoms with Crippen molar-refractivity contribution >= 4 is 41.7 Å². The molecule has 3 nitrogen and oxygen atoms in total. The Hall–Kier alpha value is 0.360. The van der Waals surface area contributed by atoms with Crippen LogP contribution >= 0.6 is 36.6 Å². The van der Waals surface area contributed by atoms with Gasteiger partial charge in [0.05, 0.1) is 6.54 Å². The first-order valence-corrected chi connectivity index (χ1v) is 6.57. The molecule has 0 aliphatic carbocycles. The van der Waals surface area contributed by atoms with Crippen LogP contribution in [0.1, 0.15) is 19.3 Å². The van der Waals surface area contributed by atoms with E-state index >= 15 is 0 Å². The van der Waals surface area contributed by atoms with Crippen molar-refractivity contribution in [2.24, 2.45) is 4.99 Å². The normalized spacial score (nSPS) is 20.4. The Balaban J connectivity index is 0.00000112. The molecule has 1 saturated heterocycles. The Kier molecular flexibility index (Phi) is 9.61. The van der Waals surface area contributed by atoms with E-state index in [0.717, 1.165) is 18.3 Å². The molecule has 0 amide bonds. The van der Waals surface area contributed by atoms with Crippen LogP contribution in [0, 0.1) is 0 Å². The van der Waals surface area contributed by atoms with Gasteiger partial charge in [-0.25, -0.2) is 0 Å². The first-order chi connectivity index (χ1) is 6.95. The average molecular weight is 286 g/mol. The van der Waals surface area contributed by atoms with Gasteiger partial charge in [-0.15, -0.1) is 24.8 Å². The van der Waals surface area contributed by atoms with Crippen molar-refractivity contribution in [1.82, 2.24) is 10.2 Å². The minimum Gasteiger partial charge on any atom is -0.363 e. The van der Waals surface area contributed by atoms with Crippen molar-refractivity contribution in [3.63, 3.8) is 0 Å². The summed E-state index contributed by atoms with van der Waals surface area (Å²) in [7, 11) is 0. The molecule has 0 bridgehead atoms. The minimum atomic E-state index is 0. The molecule has 0 radical (unpaired) electrons. The maximum absolute atomic E-state index is 4.37. The average Bonchev–Trinajstić information content (AvgIpc) is 2.72. The number of halogens is 2. The Morgan fingerprint density at radius 2 is 1.94 bits per heavy atom. The van der Waals surface area contributed by atoms with Crippen molar-refractivity contribution < 1.29 is 0 Å². The van der Waals surface area contributed by atoms with Gasteiger partial charge >= 0.3 is 0 Å². The second-order valence-corrected chi connectivity index (χ2v) is 4.95. The van der Waals surface area contributed by atoms with Gasteiger partial charge in [-0.05, 0) is 25.9 Å². The number of hydrogen-bond donors (Lipinski definition) is 1. The van der Waals surface area contributed by atoms with E-state index in [0.29, 0.717) is 0 Å². The third kappa shape index (κ3) is 5.62. The van der Waals surface area contributed by atoms with Crippen molar-refractivity contribution in [3.8, 4) is 0 Å². The Morgan fingerprint density at radius 3 is 2.56 bits per heavy atom. The predicted molar refractivity (Wildman–Crippen MR) is 77.5 cm³/mol. The summed E-state index contributed by atoms with van der Waals surface area (Å²) >= 11 is 1.87. The van der Waals surface area contributed by atoms with Gasteiger partial charge in [-0.2, -0.15) is 0 Å². The van der Waals surface area contributed by atoms with Crippen molar-refractivity contribution in [2.45, 2.75) is 19.3 Å². The topological polar surface area (TPSA) is 27.6 Å². The summed E-state index contributed by atoms with van der Waals surface area (Å²) in [5.74, 6) is 1.19. The van der Waals surface area contributed by atoms with Crippen molar-refractivity contribution in [3.05, 3.63) is 0 Å². The van der Waals surface area contributed by atoms with E-state index in [1.54, 1.807) is 0 Å². The van der Waals surface area contributed by atoms with E-state index in [4.69, 9.17) is 0 Å². The first kappa shape index (κ1) is 16.4. The molecular weight excluding hydrogens is 265 g/mol. The highest BCUT2D eigenvalue weighted by atomic mass is 35.5. The fraction of sp³-hybridized carbons (Fsp3) is 0.900. The van der Waals surface area contributed by atoms with Crippen LogP contribution < -0.4 is 5.32 Å². The molecule has 0 atom stereocenters. The molecule has 2 aliphatic rings. The molecule has 6 heteroatoms. The highest BCUT2D eigenvalue weighted by molar-refractivity contribution is 8.13. The summed E-state index contributed by atoms with van der Waals surface area (Å²) in [6.45, 7) is 5.84. The second-order valence-electron chi connectivity index (χ2n) is 3.86. The molecule has 0 unspecified atom stereocenters. The summed E-state index contributed by atoms with van der Waals surface area (Å²) in [4.78, 5) is 6.94. The number of likely N-dealkylation sites (tertiary alicyclic amines) is 1. The summed E-state index contributed by atoms with van der Waals surface area (Å²) in [6, 6.07) is 0. The van der Waals surface area contributed by atoms with E-state index < -0.39 is 0 Å². The van der Waals surface area contributed by atoms with Gasteiger partial charge in [-0.3, -0.25) is 4.99 Å². The molecule has 2 heterocycles. The van der Waals surface area contributed by atoms with Gasteiger partial charge in [-0.1, -0.05) is 18.2 Å². The minimum absolute atomic E-state index is 0. The summed E-state index contributed by atoms with van der Waals surface area (Å²) in [6.07, 6.45) is 4.21. The van der Waals surface area contributed by atoms with Gasteiger partial charge in [0, 0.05) is 18.8 Å². The van der Waals surface area contributed by atoms with Crippen LogP contribution in [0.25, 0.3) is 0 Å². The van der Waals surface area contributed by atoms with Gasteiger partial charge in [0.1, 0.15) is 0 Å². The molecule has 0 aromatic carbocycles. The molecule has 0 spiro atoms. The molecule has 0 saturated carbocycles. The zero-order valence-corrected chi connectivity index (χ0v) is 11.9. The molecule has 0 aromatic rings. The highest BCUT2D eigenvalue weighted by Gasteiger charge is 2.10. The van der Waals surface area contributed by atoms with Gasteiger partial charge in [0.25, 0.3) is 0 Å². The van der Waals surface area contributed by atoms with Crippen LogP contribution in [0.15, 0.2) is 4.99 Å². The van der Waals surface area contributed by atoms with Crippen LogP contribution in [-0.2, 0) is 0 Å². The number of nitrogens with zero attached hydrogens (tertiary/aromatic N) is 2. The lowest BCUT2D eigenvalue weighted by Gasteiger charge is -2.25.